The van der Waals surface area contributed by atoms with Gasteiger partial charge in [-0.15, -0.1) is 0 Å². The van der Waals surface area contributed by atoms with E-state index in [9.17, 15) is 23.3 Å². The van der Waals surface area contributed by atoms with E-state index in [1.165, 1.54) is 12.5 Å². The minimum atomic E-state index is -3.93. The summed E-state index contributed by atoms with van der Waals surface area (Å²) < 4.78 is 27.3. The number of carbonyl (C=O) groups is 1. The first-order chi connectivity index (χ1) is 12.2. The zero-order valence-corrected chi connectivity index (χ0v) is 15.9. The van der Waals surface area contributed by atoms with Gasteiger partial charge in [0, 0.05) is 31.1 Å². The van der Waals surface area contributed by atoms with Gasteiger partial charge in [0.05, 0.1) is 9.82 Å². The zero-order valence-electron chi connectivity index (χ0n) is 15.1. The van der Waals surface area contributed by atoms with E-state index in [4.69, 9.17) is 0 Å². The number of aryl methyl sites for hydroxylation is 1. The number of hydrogen-bond acceptors (Lipinski definition) is 5. The summed E-state index contributed by atoms with van der Waals surface area (Å²) in [5.74, 6) is -0.188. The van der Waals surface area contributed by atoms with Crippen LogP contribution in [0.2, 0.25) is 0 Å². The molecule has 144 valence electrons. The molecule has 2 N–H and O–H groups in total. The Morgan fingerprint density at radius 1 is 1.23 bits per heavy atom. The van der Waals surface area contributed by atoms with Gasteiger partial charge in [-0.1, -0.05) is 19.3 Å². The molecule has 1 saturated carbocycles. The molecule has 1 aliphatic rings. The van der Waals surface area contributed by atoms with Gasteiger partial charge in [0.1, 0.15) is 0 Å². The second-order valence-electron chi connectivity index (χ2n) is 6.69. The molecule has 1 fully saturated rings. The number of benzene rings is 1. The van der Waals surface area contributed by atoms with E-state index in [0.29, 0.717) is 11.1 Å². The van der Waals surface area contributed by atoms with Gasteiger partial charge < -0.3 is 5.32 Å². The van der Waals surface area contributed by atoms with Crippen LogP contribution < -0.4 is 10.0 Å². The van der Waals surface area contributed by atoms with Crippen molar-refractivity contribution in [1.82, 2.24) is 10.0 Å². The average Bonchev–Trinajstić information content (AvgIpc) is 2.57. The van der Waals surface area contributed by atoms with Crippen molar-refractivity contribution in [3.05, 3.63) is 33.4 Å². The Bertz CT molecular complexity index is 786. The van der Waals surface area contributed by atoms with Crippen molar-refractivity contribution in [1.29, 1.82) is 0 Å². The molecule has 26 heavy (non-hydrogen) atoms. The maximum Gasteiger partial charge on any atom is 0.271 e. The summed E-state index contributed by atoms with van der Waals surface area (Å²) in [7, 11) is -3.93. The van der Waals surface area contributed by atoms with Crippen LogP contribution in [0, 0.1) is 24.0 Å². The molecule has 0 unspecified atom stereocenters. The minimum Gasteiger partial charge on any atom is -0.353 e. The summed E-state index contributed by atoms with van der Waals surface area (Å²) in [5, 5.41) is 13.9. The van der Waals surface area contributed by atoms with Crippen molar-refractivity contribution in [2.75, 3.05) is 6.54 Å². The predicted octanol–water partition coefficient (Wildman–Crippen LogP) is 2.33. The number of nitrogens with zero attached hydrogens (tertiary/aromatic N) is 1. The van der Waals surface area contributed by atoms with E-state index in [-0.39, 0.29) is 35.5 Å². The van der Waals surface area contributed by atoms with Crippen molar-refractivity contribution in [3.63, 3.8) is 0 Å². The van der Waals surface area contributed by atoms with Crippen molar-refractivity contribution in [3.8, 4) is 0 Å². The highest BCUT2D eigenvalue weighted by molar-refractivity contribution is 7.89. The first kappa shape index (κ1) is 20.3. The standard InChI is InChI=1S/C17H25N3O5S/c1-12-10-15(20(22)23)11-16(13(12)2)26(24,25)18-9-8-17(21)19-14-6-4-3-5-7-14/h10-11,14,18H,3-9H2,1-2H3,(H,19,21). The molecular formula is C17H25N3O5S. The number of nitro groups is 1. The summed E-state index contributed by atoms with van der Waals surface area (Å²) in [6.45, 7) is 3.17. The first-order valence-corrected chi connectivity index (χ1v) is 10.2. The first-order valence-electron chi connectivity index (χ1n) is 8.75. The lowest BCUT2D eigenvalue weighted by Crippen LogP contribution is -2.38. The summed E-state index contributed by atoms with van der Waals surface area (Å²) in [6, 6.07) is 2.56. The minimum absolute atomic E-state index is 0.0304. The Kier molecular flexibility index (Phi) is 6.71. The van der Waals surface area contributed by atoms with Crippen LogP contribution in [0.5, 0.6) is 0 Å². The van der Waals surface area contributed by atoms with Crippen molar-refractivity contribution < 1.29 is 18.1 Å². The molecular weight excluding hydrogens is 358 g/mol. The van der Waals surface area contributed by atoms with E-state index in [1.54, 1.807) is 13.8 Å². The summed E-state index contributed by atoms with van der Waals surface area (Å²) in [6.07, 6.45) is 5.34. The third-order valence-electron chi connectivity index (χ3n) is 4.72. The van der Waals surface area contributed by atoms with Crippen molar-refractivity contribution >= 4 is 21.6 Å². The Labute approximate surface area is 153 Å². The van der Waals surface area contributed by atoms with Gasteiger partial charge in [0.15, 0.2) is 0 Å². The Balaban J connectivity index is 1.98. The van der Waals surface area contributed by atoms with Gasteiger partial charge in [-0.3, -0.25) is 14.9 Å². The molecule has 2 rings (SSSR count). The summed E-state index contributed by atoms with van der Waals surface area (Å²) >= 11 is 0. The normalized spacial score (nSPS) is 15.6. The largest absolute Gasteiger partial charge is 0.353 e. The van der Waals surface area contributed by atoms with Gasteiger partial charge in [-0.2, -0.15) is 0 Å². The SMILES string of the molecule is Cc1cc([N+](=O)[O-])cc(S(=O)(=O)NCCC(=O)NC2CCCCC2)c1C. The molecule has 1 aromatic carbocycles. The number of amides is 1. The van der Waals surface area contributed by atoms with Crippen molar-refractivity contribution in [2.45, 2.75) is 63.3 Å². The van der Waals surface area contributed by atoms with Gasteiger partial charge >= 0.3 is 0 Å². The fourth-order valence-corrected chi connectivity index (χ4v) is 4.48. The highest BCUT2D eigenvalue weighted by atomic mass is 32.2. The van der Waals surface area contributed by atoms with Gasteiger partial charge in [-0.05, 0) is 37.8 Å². The Morgan fingerprint density at radius 3 is 2.50 bits per heavy atom. The third-order valence-corrected chi connectivity index (χ3v) is 6.31. The number of carbonyl (C=O) groups excluding carboxylic acids is 1. The van der Waals surface area contributed by atoms with E-state index in [2.05, 4.69) is 10.0 Å². The number of nitro benzene ring substituents is 1. The van der Waals surface area contributed by atoms with E-state index >= 15 is 0 Å². The molecule has 8 nitrogen and oxygen atoms in total. The number of non-ortho nitro benzene ring substituents is 1. The number of hydrogen-bond donors (Lipinski definition) is 2. The fourth-order valence-electron chi connectivity index (χ4n) is 3.12. The van der Waals surface area contributed by atoms with E-state index in [0.717, 1.165) is 31.7 Å². The lowest BCUT2D eigenvalue weighted by atomic mass is 9.95. The number of nitrogens with one attached hydrogen (secondary N) is 2. The highest BCUT2D eigenvalue weighted by Gasteiger charge is 2.22. The zero-order chi connectivity index (χ0) is 19.3. The Morgan fingerprint density at radius 2 is 1.88 bits per heavy atom. The second-order valence-corrected chi connectivity index (χ2v) is 8.43. The molecule has 9 heteroatoms. The van der Waals surface area contributed by atoms with Crippen LogP contribution >= 0.6 is 0 Å². The molecule has 0 heterocycles. The molecule has 0 bridgehead atoms. The molecule has 0 aromatic heterocycles. The molecule has 0 spiro atoms. The maximum absolute atomic E-state index is 12.5. The Hall–Kier alpha value is -2.00. The van der Waals surface area contributed by atoms with E-state index in [1.807, 2.05) is 0 Å². The van der Waals surface area contributed by atoms with Crippen LogP contribution in [0.3, 0.4) is 0 Å². The van der Waals surface area contributed by atoms with E-state index < -0.39 is 14.9 Å². The van der Waals surface area contributed by atoms with Crippen LogP contribution in [-0.2, 0) is 14.8 Å². The van der Waals surface area contributed by atoms with Crippen LogP contribution in [-0.4, -0.2) is 31.8 Å². The molecule has 1 aliphatic carbocycles. The molecule has 1 aromatic rings. The summed E-state index contributed by atoms with van der Waals surface area (Å²) in [4.78, 5) is 22.2. The number of sulfonamides is 1. The van der Waals surface area contributed by atoms with Crippen LogP contribution in [0.15, 0.2) is 17.0 Å². The smallest absolute Gasteiger partial charge is 0.271 e. The predicted molar refractivity (Wildman–Crippen MR) is 97.4 cm³/mol. The molecule has 0 radical (unpaired) electrons. The molecule has 0 atom stereocenters. The van der Waals surface area contributed by atoms with Gasteiger partial charge in [-0.25, -0.2) is 13.1 Å². The third kappa shape index (κ3) is 5.25. The second kappa shape index (κ2) is 8.59. The molecule has 0 saturated heterocycles. The average molecular weight is 383 g/mol. The quantitative estimate of drug-likeness (QED) is 0.553. The van der Waals surface area contributed by atoms with Crippen LogP contribution in [0.1, 0.15) is 49.7 Å². The van der Waals surface area contributed by atoms with Crippen molar-refractivity contribution in [2.24, 2.45) is 0 Å². The fraction of sp³-hybridized carbons (Fsp3) is 0.588. The number of rotatable bonds is 7. The molecule has 0 aliphatic heterocycles. The summed E-state index contributed by atoms with van der Waals surface area (Å²) in [5.41, 5.74) is 0.702. The topological polar surface area (TPSA) is 118 Å². The highest BCUT2D eigenvalue weighted by Crippen LogP contribution is 2.25. The van der Waals surface area contributed by atoms with Gasteiger partial charge in [0.25, 0.3) is 5.69 Å². The monoisotopic (exact) mass is 383 g/mol. The lowest BCUT2D eigenvalue weighted by Gasteiger charge is -2.22. The van der Waals surface area contributed by atoms with Crippen LogP contribution in [0.4, 0.5) is 5.69 Å². The van der Waals surface area contributed by atoms with Crippen LogP contribution in [0.25, 0.3) is 0 Å². The lowest BCUT2D eigenvalue weighted by molar-refractivity contribution is -0.385. The molecule has 1 amide bonds. The maximum atomic E-state index is 12.5. The van der Waals surface area contributed by atoms with Gasteiger partial charge in [0.2, 0.25) is 15.9 Å².